The van der Waals surface area contributed by atoms with Crippen molar-refractivity contribution in [2.45, 2.75) is 31.8 Å². The Morgan fingerprint density at radius 3 is 2.54 bits per heavy atom. The Labute approximate surface area is 163 Å². The summed E-state index contributed by atoms with van der Waals surface area (Å²) >= 11 is 3.20. The van der Waals surface area contributed by atoms with Crippen LogP contribution in [0.5, 0.6) is 5.75 Å². The summed E-state index contributed by atoms with van der Waals surface area (Å²) in [4.78, 5) is 3.04. The Morgan fingerprint density at radius 1 is 1.08 bits per heavy atom. The molecule has 0 radical (unpaired) electrons. The number of ether oxygens (including phenoxy) is 1. The quantitative estimate of drug-likeness (QED) is 0.387. The Morgan fingerprint density at radius 2 is 1.88 bits per heavy atom. The van der Waals surface area contributed by atoms with E-state index in [0.29, 0.717) is 12.2 Å². The molecule has 26 heavy (non-hydrogen) atoms. The molecule has 0 aliphatic heterocycles. The van der Waals surface area contributed by atoms with Crippen LogP contribution >= 0.6 is 22.7 Å². The minimum Gasteiger partial charge on any atom is -0.494 e. The van der Waals surface area contributed by atoms with Gasteiger partial charge in [-0.3, -0.25) is 0 Å². The maximum Gasteiger partial charge on any atom is 0.185 e. The molecule has 1 aromatic carbocycles. The number of terminal acetylenes is 1. The van der Waals surface area contributed by atoms with E-state index in [1.807, 2.05) is 47.8 Å². The van der Waals surface area contributed by atoms with Gasteiger partial charge in [-0.25, -0.2) is 0 Å². The van der Waals surface area contributed by atoms with Gasteiger partial charge in [-0.2, -0.15) is 0 Å². The zero-order valence-corrected chi connectivity index (χ0v) is 16.4. The minimum atomic E-state index is -1.43. The Kier molecular flexibility index (Phi) is 6.16. The van der Waals surface area contributed by atoms with Crippen molar-refractivity contribution in [3.8, 4) is 27.8 Å². The molecule has 1 N–H and O–H groups in total. The lowest BCUT2D eigenvalue weighted by molar-refractivity contribution is 0.149. The van der Waals surface area contributed by atoms with Crippen LogP contribution in [0, 0.1) is 12.3 Å². The molecule has 2 aromatic heterocycles. The summed E-state index contributed by atoms with van der Waals surface area (Å²) in [6.45, 7) is 2.88. The standard InChI is InChI=1S/C22H22O2S2/c1-3-5-6-15-24-18-11-9-17(10-12-18)22(23,4-2)21-14-13-20(26-21)19-8-7-16-25-19/h2,7-14,16,23H,3,5-6,15H2,1H3. The highest BCUT2D eigenvalue weighted by atomic mass is 32.1. The van der Waals surface area contributed by atoms with E-state index in [2.05, 4.69) is 18.9 Å². The zero-order valence-electron chi connectivity index (χ0n) is 14.8. The van der Waals surface area contributed by atoms with Gasteiger partial charge in [0.2, 0.25) is 0 Å². The van der Waals surface area contributed by atoms with Crippen molar-refractivity contribution in [2.75, 3.05) is 6.61 Å². The molecule has 3 rings (SSSR count). The van der Waals surface area contributed by atoms with E-state index in [9.17, 15) is 5.11 Å². The summed E-state index contributed by atoms with van der Waals surface area (Å²) in [6.07, 6.45) is 9.12. The second kappa shape index (κ2) is 8.55. The van der Waals surface area contributed by atoms with Crippen molar-refractivity contribution in [3.05, 3.63) is 64.4 Å². The van der Waals surface area contributed by atoms with Crippen LogP contribution in [-0.4, -0.2) is 11.7 Å². The van der Waals surface area contributed by atoms with E-state index < -0.39 is 5.60 Å². The molecule has 0 fully saturated rings. The predicted molar refractivity (Wildman–Crippen MR) is 111 cm³/mol. The van der Waals surface area contributed by atoms with Gasteiger partial charge in [0, 0.05) is 15.3 Å². The molecule has 0 saturated carbocycles. The first-order chi connectivity index (χ1) is 12.7. The molecular weight excluding hydrogens is 360 g/mol. The number of benzene rings is 1. The zero-order chi connectivity index (χ0) is 18.4. The average molecular weight is 383 g/mol. The van der Waals surface area contributed by atoms with Gasteiger partial charge >= 0.3 is 0 Å². The molecule has 0 bridgehead atoms. The molecule has 0 spiro atoms. The van der Waals surface area contributed by atoms with E-state index in [4.69, 9.17) is 11.2 Å². The van der Waals surface area contributed by atoms with Crippen LogP contribution < -0.4 is 4.74 Å². The molecule has 0 saturated heterocycles. The van der Waals surface area contributed by atoms with Crippen LogP contribution in [0.1, 0.15) is 36.6 Å². The number of hydrogen-bond donors (Lipinski definition) is 1. The van der Waals surface area contributed by atoms with E-state index in [-0.39, 0.29) is 0 Å². The Balaban J connectivity index is 1.78. The number of aliphatic hydroxyl groups is 1. The number of rotatable bonds is 8. The third-order valence-electron chi connectivity index (χ3n) is 4.22. The second-order valence-electron chi connectivity index (χ2n) is 6.08. The van der Waals surface area contributed by atoms with E-state index >= 15 is 0 Å². The highest BCUT2D eigenvalue weighted by Crippen LogP contribution is 2.39. The lowest BCUT2D eigenvalue weighted by Gasteiger charge is -2.21. The highest BCUT2D eigenvalue weighted by Gasteiger charge is 2.31. The first-order valence-electron chi connectivity index (χ1n) is 8.75. The smallest absolute Gasteiger partial charge is 0.185 e. The summed E-state index contributed by atoms with van der Waals surface area (Å²) in [6, 6.07) is 15.5. The number of unbranched alkanes of at least 4 members (excludes halogenated alkanes) is 2. The topological polar surface area (TPSA) is 29.5 Å². The normalized spacial score (nSPS) is 13.1. The maximum atomic E-state index is 11.1. The summed E-state index contributed by atoms with van der Waals surface area (Å²) in [5.41, 5.74) is -0.749. The average Bonchev–Trinajstić information content (AvgIpc) is 3.36. The Hall–Kier alpha value is -2.06. The van der Waals surface area contributed by atoms with Gasteiger partial charge in [0.05, 0.1) is 11.5 Å². The first-order valence-corrected chi connectivity index (χ1v) is 10.4. The van der Waals surface area contributed by atoms with Crippen molar-refractivity contribution in [3.63, 3.8) is 0 Å². The molecule has 4 heteroatoms. The molecule has 1 atom stereocenters. The summed E-state index contributed by atoms with van der Waals surface area (Å²) in [7, 11) is 0. The van der Waals surface area contributed by atoms with E-state index in [1.165, 1.54) is 29.1 Å². The molecule has 0 aliphatic rings. The van der Waals surface area contributed by atoms with Crippen LogP contribution in [0.15, 0.2) is 53.9 Å². The molecule has 3 aromatic rings. The van der Waals surface area contributed by atoms with Gasteiger partial charge < -0.3 is 9.84 Å². The van der Waals surface area contributed by atoms with Gasteiger partial charge in [0.25, 0.3) is 0 Å². The van der Waals surface area contributed by atoms with Gasteiger partial charge in [-0.05, 0) is 42.1 Å². The van der Waals surface area contributed by atoms with Crippen LogP contribution in [0.25, 0.3) is 9.75 Å². The molecule has 0 amide bonds. The molecule has 1 unspecified atom stereocenters. The third kappa shape index (κ3) is 4.02. The summed E-state index contributed by atoms with van der Waals surface area (Å²) in [5.74, 6) is 3.38. The molecule has 134 valence electrons. The van der Waals surface area contributed by atoms with E-state index in [1.54, 1.807) is 11.3 Å². The fraction of sp³-hybridized carbons (Fsp3) is 0.273. The van der Waals surface area contributed by atoms with Crippen LogP contribution in [-0.2, 0) is 5.60 Å². The largest absolute Gasteiger partial charge is 0.494 e. The molecule has 2 nitrogen and oxygen atoms in total. The SMILES string of the molecule is C#CC(O)(c1ccc(OCCCCC)cc1)c1ccc(-c2cccs2)s1. The van der Waals surface area contributed by atoms with Crippen molar-refractivity contribution < 1.29 is 9.84 Å². The lowest BCUT2D eigenvalue weighted by atomic mass is 9.93. The fourth-order valence-electron chi connectivity index (χ4n) is 2.71. The van der Waals surface area contributed by atoms with Crippen molar-refractivity contribution in [2.24, 2.45) is 0 Å². The van der Waals surface area contributed by atoms with Crippen molar-refractivity contribution in [1.29, 1.82) is 0 Å². The summed E-state index contributed by atoms with van der Waals surface area (Å²) < 4.78 is 5.74. The first kappa shape index (κ1) is 18.7. The van der Waals surface area contributed by atoms with Crippen molar-refractivity contribution >= 4 is 22.7 Å². The Bertz CT molecular complexity index is 856. The fourth-order valence-corrected chi connectivity index (χ4v) is 4.63. The molecular formula is C22H22O2S2. The molecule has 0 aliphatic carbocycles. The van der Waals surface area contributed by atoms with Crippen LogP contribution in [0.2, 0.25) is 0 Å². The van der Waals surface area contributed by atoms with Crippen LogP contribution in [0.4, 0.5) is 0 Å². The monoisotopic (exact) mass is 382 g/mol. The number of hydrogen-bond acceptors (Lipinski definition) is 4. The third-order valence-corrected chi connectivity index (χ3v) is 6.48. The second-order valence-corrected chi connectivity index (χ2v) is 8.11. The van der Waals surface area contributed by atoms with Crippen LogP contribution in [0.3, 0.4) is 0 Å². The minimum absolute atomic E-state index is 0.681. The van der Waals surface area contributed by atoms with E-state index in [0.717, 1.165) is 21.9 Å². The number of thiophene rings is 2. The summed E-state index contributed by atoms with van der Waals surface area (Å²) in [5, 5.41) is 13.2. The van der Waals surface area contributed by atoms with Gasteiger partial charge in [0.1, 0.15) is 5.75 Å². The lowest BCUT2D eigenvalue weighted by Crippen LogP contribution is -2.23. The highest BCUT2D eigenvalue weighted by molar-refractivity contribution is 7.21. The van der Waals surface area contributed by atoms with Crippen molar-refractivity contribution in [1.82, 2.24) is 0 Å². The van der Waals surface area contributed by atoms with Gasteiger partial charge in [-0.15, -0.1) is 29.1 Å². The predicted octanol–water partition coefficient (Wildman–Crippen LogP) is 5.91. The van der Waals surface area contributed by atoms with Gasteiger partial charge in [-0.1, -0.05) is 43.9 Å². The maximum absolute atomic E-state index is 11.1. The molecule has 2 heterocycles. The van der Waals surface area contributed by atoms with Gasteiger partial charge in [0.15, 0.2) is 5.60 Å².